The number of amides is 1. The third-order valence-corrected chi connectivity index (χ3v) is 6.65. The second kappa shape index (κ2) is 13.1. The van der Waals surface area contributed by atoms with Gasteiger partial charge in [0.05, 0.1) is 11.8 Å². The lowest BCUT2D eigenvalue weighted by Gasteiger charge is -2.40. The van der Waals surface area contributed by atoms with Crippen molar-refractivity contribution in [3.8, 4) is 5.69 Å². The fraction of sp³-hybridized carbons (Fsp3) is 0.654. The van der Waals surface area contributed by atoms with E-state index in [1.807, 2.05) is 11.8 Å². The number of para-hydroxylation sites is 1. The van der Waals surface area contributed by atoms with Crippen LogP contribution in [0.1, 0.15) is 62.6 Å². The fourth-order valence-corrected chi connectivity index (χ4v) is 4.79. The molecule has 1 saturated heterocycles. The normalized spacial score (nSPS) is 19.2. The number of unbranched alkanes of at least 4 members (excludes halogenated alkanes) is 1. The summed E-state index contributed by atoms with van der Waals surface area (Å²) in [7, 11) is 1.66. The van der Waals surface area contributed by atoms with Gasteiger partial charge in [0.2, 0.25) is 0 Å². The Morgan fingerprint density at radius 2 is 2.09 bits per heavy atom. The number of aliphatic hydroxyl groups is 1. The van der Waals surface area contributed by atoms with E-state index in [2.05, 4.69) is 29.5 Å². The van der Waals surface area contributed by atoms with Crippen molar-refractivity contribution in [1.82, 2.24) is 25.2 Å². The number of hydrogen-bond acceptors (Lipinski definition) is 6. The minimum atomic E-state index is -0.415. The minimum absolute atomic E-state index is 0.0650. The zero-order valence-corrected chi connectivity index (χ0v) is 21.4. The number of benzene rings is 1. The largest absolute Gasteiger partial charge is 0.393 e. The molecule has 1 amide bonds. The summed E-state index contributed by atoms with van der Waals surface area (Å²) in [4.78, 5) is 15.8. The van der Waals surface area contributed by atoms with Gasteiger partial charge in [-0.2, -0.15) is 0 Å². The molecule has 1 unspecified atom stereocenters. The number of carbonyl (C=O) groups excluding carboxylic acids is 1. The molecule has 0 saturated carbocycles. The van der Waals surface area contributed by atoms with Crippen LogP contribution in [0.4, 0.5) is 4.39 Å². The predicted octanol–water partition coefficient (Wildman–Crippen LogP) is 3.22. The van der Waals surface area contributed by atoms with Crippen LogP contribution in [0.15, 0.2) is 24.3 Å². The van der Waals surface area contributed by atoms with Crippen LogP contribution in [0.25, 0.3) is 5.69 Å². The second-order valence-electron chi connectivity index (χ2n) is 9.83. The number of aliphatic hydroxyl groups excluding tert-OH is 1. The number of halogens is 1. The van der Waals surface area contributed by atoms with Gasteiger partial charge in [0, 0.05) is 39.4 Å². The van der Waals surface area contributed by atoms with Crippen molar-refractivity contribution in [1.29, 1.82) is 0 Å². The number of aromatic nitrogens is 3. The molecule has 2 aromatic rings. The highest BCUT2D eigenvalue weighted by molar-refractivity contribution is 5.93. The molecule has 0 bridgehead atoms. The summed E-state index contributed by atoms with van der Waals surface area (Å²) in [6.07, 6.45) is 3.10. The third kappa shape index (κ3) is 6.86. The average molecular weight is 490 g/mol. The number of nitrogens with one attached hydrogen (secondary N) is 1. The van der Waals surface area contributed by atoms with Gasteiger partial charge in [0.1, 0.15) is 11.5 Å². The lowest BCUT2D eigenvalue weighted by atomic mass is 9.88. The number of methoxy groups -OCH3 is 1. The molecule has 1 fully saturated rings. The molecule has 1 aliphatic heterocycles. The van der Waals surface area contributed by atoms with Crippen molar-refractivity contribution < 1.29 is 19.0 Å². The van der Waals surface area contributed by atoms with E-state index in [0.717, 1.165) is 25.8 Å². The Morgan fingerprint density at radius 3 is 2.77 bits per heavy atom. The molecule has 2 N–H and O–H groups in total. The summed E-state index contributed by atoms with van der Waals surface area (Å²) in [6, 6.07) is 6.33. The van der Waals surface area contributed by atoms with Crippen molar-refractivity contribution in [2.24, 2.45) is 11.8 Å². The van der Waals surface area contributed by atoms with Gasteiger partial charge in [-0.05, 0) is 56.1 Å². The first-order valence-corrected chi connectivity index (χ1v) is 12.7. The molecular weight excluding hydrogens is 449 g/mol. The van der Waals surface area contributed by atoms with Gasteiger partial charge < -0.3 is 20.1 Å². The van der Waals surface area contributed by atoms with Crippen LogP contribution < -0.4 is 5.32 Å². The zero-order valence-electron chi connectivity index (χ0n) is 21.4. The van der Waals surface area contributed by atoms with E-state index >= 15 is 0 Å². The number of carbonyl (C=O) groups is 1. The van der Waals surface area contributed by atoms with E-state index in [-0.39, 0.29) is 35.2 Å². The third-order valence-electron chi connectivity index (χ3n) is 6.65. The maximum atomic E-state index is 14.6. The number of ether oxygens (including phenoxy) is 1. The summed E-state index contributed by atoms with van der Waals surface area (Å²) in [5, 5.41) is 22.4. The minimum Gasteiger partial charge on any atom is -0.393 e. The van der Waals surface area contributed by atoms with Gasteiger partial charge in [-0.25, -0.2) is 9.07 Å². The number of nitrogens with zero attached hydrogens (tertiary/aromatic N) is 4. The van der Waals surface area contributed by atoms with E-state index in [1.165, 1.54) is 10.7 Å². The quantitative estimate of drug-likeness (QED) is 0.445. The summed E-state index contributed by atoms with van der Waals surface area (Å²) in [5.41, 5.74) is 1.16. The van der Waals surface area contributed by atoms with Gasteiger partial charge >= 0.3 is 0 Å². The van der Waals surface area contributed by atoms with Crippen LogP contribution in [-0.4, -0.2) is 76.4 Å². The van der Waals surface area contributed by atoms with Crippen molar-refractivity contribution in [3.05, 3.63) is 41.5 Å². The number of piperidine rings is 1. The first-order chi connectivity index (χ1) is 16.9. The highest BCUT2D eigenvalue weighted by Gasteiger charge is 2.35. The number of hydrogen-bond donors (Lipinski definition) is 2. The maximum absolute atomic E-state index is 14.6. The molecule has 2 heterocycles. The monoisotopic (exact) mass is 489 g/mol. The van der Waals surface area contributed by atoms with Gasteiger partial charge in [-0.3, -0.25) is 4.79 Å². The highest BCUT2D eigenvalue weighted by atomic mass is 19.1. The molecule has 0 spiro atoms. The van der Waals surface area contributed by atoms with E-state index in [4.69, 9.17) is 4.74 Å². The Labute approximate surface area is 207 Å². The zero-order chi connectivity index (χ0) is 25.4. The standard InChI is InChI=1S/C26H40FN5O3/c1-5-24(33)19-14-20(16-28-15-19)31(17-18(2)3)26(34)25-23(12-8-9-13-35-4)32(30-29-25)22-11-7-6-10-21(22)27/h6-7,10-11,18-20,24,28,33H,5,8-9,12-17H2,1-4H3/t19-,20+,24?/m1/s1. The SMILES string of the molecule is CCC(O)[C@H]1CNC[C@@H](N(CC(C)C)C(=O)c2nnn(-c3ccccc3F)c2CCCCOC)C1. The molecule has 1 aliphatic rings. The summed E-state index contributed by atoms with van der Waals surface area (Å²) in [5.74, 6) is -0.270. The Morgan fingerprint density at radius 1 is 1.31 bits per heavy atom. The summed E-state index contributed by atoms with van der Waals surface area (Å²) >= 11 is 0. The first kappa shape index (κ1) is 27.2. The lowest BCUT2D eigenvalue weighted by molar-refractivity contribution is 0.0389. The Balaban J connectivity index is 1.95. The summed E-state index contributed by atoms with van der Waals surface area (Å²) < 4.78 is 21.3. The van der Waals surface area contributed by atoms with Crippen LogP contribution in [0.5, 0.6) is 0 Å². The van der Waals surface area contributed by atoms with Gasteiger partial charge in [0.25, 0.3) is 5.91 Å². The predicted molar refractivity (Wildman–Crippen MR) is 133 cm³/mol. The molecule has 8 nitrogen and oxygen atoms in total. The van der Waals surface area contributed by atoms with Crippen molar-refractivity contribution >= 4 is 5.91 Å². The molecule has 0 aliphatic carbocycles. The van der Waals surface area contributed by atoms with Crippen molar-refractivity contribution in [3.63, 3.8) is 0 Å². The number of rotatable bonds is 12. The van der Waals surface area contributed by atoms with Gasteiger partial charge in [-0.15, -0.1) is 5.10 Å². The van der Waals surface area contributed by atoms with Crippen molar-refractivity contribution in [2.45, 2.75) is 65.0 Å². The Kier molecular flexibility index (Phi) is 10.2. The smallest absolute Gasteiger partial charge is 0.276 e. The molecular formula is C26H40FN5O3. The van der Waals surface area contributed by atoms with Crippen LogP contribution in [0.3, 0.4) is 0 Å². The van der Waals surface area contributed by atoms with Gasteiger partial charge in [-0.1, -0.05) is 38.1 Å². The van der Waals surface area contributed by atoms with E-state index in [0.29, 0.717) is 38.2 Å². The van der Waals surface area contributed by atoms with E-state index < -0.39 is 11.9 Å². The van der Waals surface area contributed by atoms with Crippen LogP contribution in [0, 0.1) is 17.7 Å². The molecule has 194 valence electrons. The maximum Gasteiger partial charge on any atom is 0.276 e. The Bertz CT molecular complexity index is 951. The van der Waals surface area contributed by atoms with E-state index in [1.54, 1.807) is 25.3 Å². The molecule has 3 rings (SSSR count). The average Bonchev–Trinajstić information content (AvgIpc) is 3.28. The molecule has 9 heteroatoms. The Hall–Kier alpha value is -2.36. The summed E-state index contributed by atoms with van der Waals surface area (Å²) in [6.45, 7) is 8.71. The van der Waals surface area contributed by atoms with Gasteiger partial charge in [0.15, 0.2) is 5.69 Å². The first-order valence-electron chi connectivity index (χ1n) is 12.7. The van der Waals surface area contributed by atoms with E-state index in [9.17, 15) is 14.3 Å². The lowest BCUT2D eigenvalue weighted by Crippen LogP contribution is -2.54. The second-order valence-corrected chi connectivity index (χ2v) is 9.83. The molecule has 35 heavy (non-hydrogen) atoms. The van der Waals surface area contributed by atoms with Crippen LogP contribution in [0.2, 0.25) is 0 Å². The van der Waals surface area contributed by atoms with Crippen LogP contribution in [-0.2, 0) is 11.2 Å². The topological polar surface area (TPSA) is 92.5 Å². The molecule has 1 aromatic carbocycles. The van der Waals surface area contributed by atoms with Crippen molar-refractivity contribution in [2.75, 3.05) is 33.4 Å². The fourth-order valence-electron chi connectivity index (χ4n) is 4.79. The molecule has 0 radical (unpaired) electrons. The van der Waals surface area contributed by atoms with Crippen LogP contribution >= 0.6 is 0 Å². The molecule has 1 aromatic heterocycles. The highest BCUT2D eigenvalue weighted by Crippen LogP contribution is 2.25. The molecule has 3 atom stereocenters.